The van der Waals surface area contributed by atoms with Gasteiger partial charge < -0.3 is 0 Å². The second-order valence-corrected chi connectivity index (χ2v) is 4.43. The van der Waals surface area contributed by atoms with E-state index >= 15 is 0 Å². The van der Waals surface area contributed by atoms with E-state index in [-0.39, 0.29) is 5.02 Å². The van der Waals surface area contributed by atoms with Gasteiger partial charge in [0, 0.05) is 5.02 Å². The van der Waals surface area contributed by atoms with E-state index in [2.05, 4.69) is 0 Å². The number of aryl methyl sites for hydroxylation is 1. The van der Waals surface area contributed by atoms with Gasteiger partial charge in [-0.15, -0.1) is 0 Å². The summed E-state index contributed by atoms with van der Waals surface area (Å²) in [5.74, 6) is -0.412. The lowest BCUT2D eigenvalue weighted by Crippen LogP contribution is -1.85. The Morgan fingerprint density at radius 1 is 1.00 bits per heavy atom. The van der Waals surface area contributed by atoms with Crippen LogP contribution < -0.4 is 0 Å². The van der Waals surface area contributed by atoms with Crippen LogP contribution in [0.1, 0.15) is 5.56 Å². The third kappa shape index (κ3) is 2.21. The molecule has 16 heavy (non-hydrogen) atoms. The van der Waals surface area contributed by atoms with E-state index in [1.54, 1.807) is 12.1 Å². The molecule has 0 radical (unpaired) electrons. The molecule has 0 amide bonds. The largest absolute Gasteiger partial charge is 0.205 e. The van der Waals surface area contributed by atoms with Gasteiger partial charge in [0.05, 0.1) is 5.02 Å². The molecular weight excluding hydrogens is 246 g/mol. The Bertz CT molecular complexity index is 535. The number of rotatable bonds is 1. The zero-order chi connectivity index (χ0) is 11.7. The van der Waals surface area contributed by atoms with Crippen molar-refractivity contribution in [3.05, 3.63) is 57.8 Å². The summed E-state index contributed by atoms with van der Waals surface area (Å²) in [6, 6.07) is 10.3. The molecule has 0 N–H and O–H groups in total. The van der Waals surface area contributed by atoms with Crippen LogP contribution in [0.25, 0.3) is 11.1 Å². The molecular formula is C13H9Cl2F. The third-order valence-electron chi connectivity index (χ3n) is 2.43. The smallest absolute Gasteiger partial charge is 0.141 e. The Kier molecular flexibility index (Phi) is 3.17. The van der Waals surface area contributed by atoms with Crippen LogP contribution in [0.4, 0.5) is 4.39 Å². The van der Waals surface area contributed by atoms with Crippen LogP contribution in [0.3, 0.4) is 0 Å². The summed E-state index contributed by atoms with van der Waals surface area (Å²) in [6.07, 6.45) is 0. The zero-order valence-electron chi connectivity index (χ0n) is 8.60. The molecule has 0 bridgehead atoms. The molecule has 0 aliphatic carbocycles. The maximum atomic E-state index is 13.0. The van der Waals surface area contributed by atoms with Crippen molar-refractivity contribution in [2.24, 2.45) is 0 Å². The summed E-state index contributed by atoms with van der Waals surface area (Å²) in [5.41, 5.74) is 2.91. The van der Waals surface area contributed by atoms with Crippen LogP contribution in [0.5, 0.6) is 0 Å². The summed E-state index contributed by atoms with van der Waals surface area (Å²) in [5, 5.41) is 0.776. The number of benzene rings is 2. The van der Waals surface area contributed by atoms with E-state index in [1.807, 2.05) is 25.1 Å². The van der Waals surface area contributed by atoms with Crippen molar-refractivity contribution in [1.29, 1.82) is 0 Å². The maximum absolute atomic E-state index is 13.0. The van der Waals surface area contributed by atoms with E-state index in [9.17, 15) is 4.39 Å². The van der Waals surface area contributed by atoms with E-state index < -0.39 is 5.82 Å². The number of hydrogen-bond acceptors (Lipinski definition) is 0. The van der Waals surface area contributed by atoms with E-state index in [1.165, 1.54) is 6.07 Å². The molecule has 0 unspecified atom stereocenters. The summed E-state index contributed by atoms with van der Waals surface area (Å²) in [7, 11) is 0. The Morgan fingerprint density at radius 3 is 2.44 bits per heavy atom. The van der Waals surface area contributed by atoms with Crippen LogP contribution in [-0.2, 0) is 0 Å². The highest BCUT2D eigenvalue weighted by molar-refractivity contribution is 6.31. The predicted molar refractivity (Wildman–Crippen MR) is 66.6 cm³/mol. The van der Waals surface area contributed by atoms with Gasteiger partial charge >= 0.3 is 0 Å². The lowest BCUT2D eigenvalue weighted by molar-refractivity contribution is 0.628. The molecule has 0 saturated heterocycles. The summed E-state index contributed by atoms with van der Waals surface area (Å²) in [6.45, 7) is 1.98. The predicted octanol–water partition coefficient (Wildman–Crippen LogP) is 5.11. The third-order valence-corrected chi connectivity index (χ3v) is 2.95. The lowest BCUT2D eigenvalue weighted by atomic mass is 10.0. The molecule has 0 atom stereocenters. The Morgan fingerprint density at radius 2 is 1.75 bits per heavy atom. The fraction of sp³-hybridized carbons (Fsp3) is 0.0769. The first-order valence-corrected chi connectivity index (χ1v) is 5.55. The van der Waals surface area contributed by atoms with Gasteiger partial charge in [0.15, 0.2) is 0 Å². The SMILES string of the molecule is Cc1ccc(Cl)cc1-c1ccc(F)c(Cl)c1. The molecule has 0 nitrogen and oxygen atoms in total. The molecule has 0 spiro atoms. The second-order valence-electron chi connectivity index (χ2n) is 3.59. The van der Waals surface area contributed by atoms with E-state index in [0.29, 0.717) is 5.02 Å². The second kappa shape index (κ2) is 4.44. The van der Waals surface area contributed by atoms with Gasteiger partial charge in [-0.2, -0.15) is 0 Å². The average Bonchev–Trinajstić information content (AvgIpc) is 2.26. The van der Waals surface area contributed by atoms with Crippen LogP contribution >= 0.6 is 23.2 Å². The van der Waals surface area contributed by atoms with Gasteiger partial charge in [0.1, 0.15) is 5.82 Å². The molecule has 0 fully saturated rings. The van der Waals surface area contributed by atoms with Crippen LogP contribution in [0, 0.1) is 12.7 Å². The van der Waals surface area contributed by atoms with Crippen molar-refractivity contribution in [1.82, 2.24) is 0 Å². The van der Waals surface area contributed by atoms with Gasteiger partial charge in [0.2, 0.25) is 0 Å². The van der Waals surface area contributed by atoms with Crippen molar-refractivity contribution in [2.75, 3.05) is 0 Å². The van der Waals surface area contributed by atoms with E-state index in [0.717, 1.165) is 16.7 Å². The summed E-state index contributed by atoms with van der Waals surface area (Å²) in [4.78, 5) is 0. The summed E-state index contributed by atoms with van der Waals surface area (Å²) >= 11 is 11.7. The Labute approximate surface area is 104 Å². The van der Waals surface area contributed by atoms with Crippen molar-refractivity contribution in [2.45, 2.75) is 6.92 Å². The Hall–Kier alpha value is -1.05. The molecule has 2 aromatic carbocycles. The van der Waals surface area contributed by atoms with E-state index in [4.69, 9.17) is 23.2 Å². The minimum atomic E-state index is -0.412. The first-order valence-electron chi connectivity index (χ1n) is 4.79. The summed E-state index contributed by atoms with van der Waals surface area (Å²) < 4.78 is 13.0. The van der Waals surface area contributed by atoms with Crippen molar-refractivity contribution >= 4 is 23.2 Å². The fourth-order valence-electron chi connectivity index (χ4n) is 1.57. The minimum Gasteiger partial charge on any atom is -0.205 e. The standard InChI is InChI=1S/C13H9Cl2F/c1-8-2-4-10(14)7-11(8)9-3-5-13(16)12(15)6-9/h2-7H,1H3. The number of hydrogen-bond donors (Lipinski definition) is 0. The van der Waals surface area contributed by atoms with Gasteiger partial charge in [-0.05, 0) is 47.9 Å². The molecule has 0 saturated carbocycles. The van der Waals surface area contributed by atoms with Gasteiger partial charge in [0.25, 0.3) is 0 Å². The zero-order valence-corrected chi connectivity index (χ0v) is 10.1. The molecule has 3 heteroatoms. The van der Waals surface area contributed by atoms with Crippen molar-refractivity contribution in [3.8, 4) is 11.1 Å². The fourth-order valence-corrected chi connectivity index (χ4v) is 1.92. The van der Waals surface area contributed by atoms with Crippen LogP contribution in [0.2, 0.25) is 10.0 Å². The van der Waals surface area contributed by atoms with Crippen LogP contribution in [0.15, 0.2) is 36.4 Å². The van der Waals surface area contributed by atoms with Crippen molar-refractivity contribution in [3.63, 3.8) is 0 Å². The highest BCUT2D eigenvalue weighted by Crippen LogP contribution is 2.29. The maximum Gasteiger partial charge on any atom is 0.141 e. The average molecular weight is 255 g/mol. The van der Waals surface area contributed by atoms with Crippen molar-refractivity contribution < 1.29 is 4.39 Å². The quantitative estimate of drug-likeness (QED) is 0.664. The molecule has 2 rings (SSSR count). The number of halogens is 3. The normalized spacial score (nSPS) is 10.5. The molecule has 82 valence electrons. The lowest BCUT2D eigenvalue weighted by Gasteiger charge is -2.07. The molecule has 0 aliphatic heterocycles. The molecule has 0 heterocycles. The molecule has 2 aromatic rings. The van der Waals surface area contributed by atoms with Crippen LogP contribution in [-0.4, -0.2) is 0 Å². The first kappa shape index (κ1) is 11.4. The van der Waals surface area contributed by atoms with Gasteiger partial charge in [-0.1, -0.05) is 35.3 Å². The first-order chi connectivity index (χ1) is 7.58. The monoisotopic (exact) mass is 254 g/mol. The Balaban J connectivity index is 2.58. The molecule has 0 aliphatic rings. The van der Waals surface area contributed by atoms with Gasteiger partial charge in [-0.25, -0.2) is 4.39 Å². The molecule has 0 aromatic heterocycles. The van der Waals surface area contributed by atoms with Gasteiger partial charge in [-0.3, -0.25) is 0 Å². The highest BCUT2D eigenvalue weighted by Gasteiger charge is 2.06. The highest BCUT2D eigenvalue weighted by atomic mass is 35.5. The minimum absolute atomic E-state index is 0.122. The topological polar surface area (TPSA) is 0 Å².